The third kappa shape index (κ3) is 6.48. The number of alkyl halides is 3. The molecule has 0 spiro atoms. The van der Waals surface area contributed by atoms with Crippen LogP contribution in [-0.4, -0.2) is 34.0 Å². The monoisotopic (exact) mass is 464 g/mol. The summed E-state index contributed by atoms with van der Waals surface area (Å²) in [6, 6.07) is 10.8. The van der Waals surface area contributed by atoms with Crippen molar-refractivity contribution in [2.75, 3.05) is 13.7 Å². The van der Waals surface area contributed by atoms with E-state index in [0.29, 0.717) is 22.7 Å². The quantitative estimate of drug-likeness (QED) is 0.543. The Bertz CT molecular complexity index is 1150. The summed E-state index contributed by atoms with van der Waals surface area (Å²) in [4.78, 5) is 16.4. The van der Waals surface area contributed by atoms with Gasteiger partial charge in [-0.1, -0.05) is 12.1 Å². The Morgan fingerprint density at radius 3 is 2.27 bits per heavy atom. The molecule has 0 aliphatic rings. The normalized spacial score (nSPS) is 11.8. The van der Waals surface area contributed by atoms with Crippen LogP contribution in [0.15, 0.2) is 59.5 Å². The predicted molar refractivity (Wildman–Crippen MR) is 114 cm³/mol. The Kier molecular flexibility index (Phi) is 6.97. The fourth-order valence-electron chi connectivity index (χ4n) is 2.79. The molecule has 0 saturated carbocycles. The number of hydrogen-bond donors (Lipinski definition) is 1. The molecule has 0 saturated heterocycles. The molecule has 0 bridgehead atoms. The second-order valence-corrected chi connectivity index (χ2v) is 7.84. The zero-order chi connectivity index (χ0) is 24.2. The molecule has 3 rings (SSSR count). The fourth-order valence-corrected chi connectivity index (χ4v) is 2.79. The lowest BCUT2D eigenvalue weighted by Gasteiger charge is -2.19. The summed E-state index contributed by atoms with van der Waals surface area (Å²) in [5.41, 5.74) is -1.43. The lowest BCUT2D eigenvalue weighted by Crippen LogP contribution is -2.28. The molecule has 1 aromatic heterocycles. The van der Waals surface area contributed by atoms with Gasteiger partial charge >= 0.3 is 11.9 Å². The van der Waals surface area contributed by atoms with Crippen molar-refractivity contribution in [1.29, 1.82) is 0 Å². The van der Waals surface area contributed by atoms with E-state index in [1.807, 2.05) is 0 Å². The number of aromatic nitrogens is 2. The lowest BCUT2D eigenvalue weighted by molar-refractivity contribution is -0.137. The van der Waals surface area contributed by atoms with Crippen molar-refractivity contribution in [3.8, 4) is 23.1 Å². The van der Waals surface area contributed by atoms with Gasteiger partial charge in [-0.15, -0.1) is 0 Å². The minimum Gasteiger partial charge on any atom is -0.493 e. The average Bonchev–Trinajstić information content (AvgIpc) is 2.75. The largest absolute Gasteiger partial charge is 0.493 e. The number of hydrogen-bond acceptors (Lipinski definition) is 6. The first kappa shape index (κ1) is 24.1. The predicted octanol–water partition coefficient (Wildman–Crippen LogP) is 3.99. The number of halogens is 3. The number of nitrogens with zero attached hydrogens (tertiary/aromatic N) is 2. The van der Waals surface area contributed by atoms with Crippen molar-refractivity contribution < 1.29 is 32.5 Å². The van der Waals surface area contributed by atoms with E-state index in [4.69, 9.17) is 14.2 Å². The van der Waals surface area contributed by atoms with E-state index in [-0.39, 0.29) is 19.1 Å². The summed E-state index contributed by atoms with van der Waals surface area (Å²) in [5.74, 6) is 0.806. The minimum absolute atomic E-state index is 0.0354. The maximum atomic E-state index is 12.6. The Balaban J connectivity index is 1.72. The molecule has 3 aromatic rings. The zero-order valence-electron chi connectivity index (χ0n) is 18.2. The number of ether oxygens (including phenoxy) is 3. The van der Waals surface area contributed by atoms with Crippen LogP contribution in [0.1, 0.15) is 25.0 Å². The topological polar surface area (TPSA) is 82.8 Å². The lowest BCUT2D eigenvalue weighted by atomic mass is 10.1. The molecule has 0 radical (unpaired) electrons. The van der Waals surface area contributed by atoms with Gasteiger partial charge in [-0.05, 0) is 43.7 Å². The second kappa shape index (κ2) is 9.53. The fraction of sp³-hybridized carbons (Fsp3) is 0.304. The molecular formula is C23H23F3N2O5. The van der Waals surface area contributed by atoms with E-state index in [1.54, 1.807) is 32.0 Å². The van der Waals surface area contributed by atoms with Crippen LogP contribution in [0.3, 0.4) is 0 Å². The van der Waals surface area contributed by atoms with Crippen molar-refractivity contribution in [2.45, 2.75) is 32.2 Å². The molecule has 7 nitrogen and oxygen atoms in total. The van der Waals surface area contributed by atoms with Crippen molar-refractivity contribution in [2.24, 2.45) is 0 Å². The summed E-state index contributed by atoms with van der Waals surface area (Å²) in [6.07, 6.45) is -2.95. The molecule has 0 atom stereocenters. The van der Waals surface area contributed by atoms with Crippen LogP contribution in [0.5, 0.6) is 17.4 Å². The Morgan fingerprint density at radius 2 is 1.70 bits per heavy atom. The van der Waals surface area contributed by atoms with Gasteiger partial charge in [0.15, 0.2) is 11.5 Å². The van der Waals surface area contributed by atoms with Crippen LogP contribution in [0.25, 0.3) is 5.69 Å². The van der Waals surface area contributed by atoms with Gasteiger partial charge < -0.3 is 19.3 Å². The van der Waals surface area contributed by atoms with Crippen molar-refractivity contribution >= 4 is 0 Å². The minimum atomic E-state index is -4.41. The van der Waals surface area contributed by atoms with E-state index in [2.05, 4.69) is 4.98 Å². The number of rotatable bonds is 8. The van der Waals surface area contributed by atoms with Crippen LogP contribution in [-0.2, 0) is 12.8 Å². The molecule has 0 aliphatic heterocycles. The maximum absolute atomic E-state index is 12.6. The van der Waals surface area contributed by atoms with Gasteiger partial charge in [-0.3, -0.25) is 4.57 Å². The highest BCUT2D eigenvalue weighted by molar-refractivity contribution is 5.49. The van der Waals surface area contributed by atoms with Gasteiger partial charge in [0.25, 0.3) is 0 Å². The smallest absolute Gasteiger partial charge is 0.416 e. The highest BCUT2D eigenvalue weighted by Gasteiger charge is 2.29. The maximum Gasteiger partial charge on any atom is 0.416 e. The molecule has 176 valence electrons. The highest BCUT2D eigenvalue weighted by atomic mass is 19.4. The van der Waals surface area contributed by atoms with E-state index < -0.39 is 23.0 Å². The van der Waals surface area contributed by atoms with Crippen molar-refractivity contribution in [1.82, 2.24) is 9.55 Å². The summed E-state index contributed by atoms with van der Waals surface area (Å²) >= 11 is 0. The van der Waals surface area contributed by atoms with E-state index in [0.717, 1.165) is 12.1 Å². The van der Waals surface area contributed by atoms with Gasteiger partial charge in [-0.25, -0.2) is 4.79 Å². The van der Waals surface area contributed by atoms with Crippen LogP contribution < -0.4 is 19.9 Å². The van der Waals surface area contributed by atoms with Crippen molar-refractivity contribution in [3.05, 3.63) is 76.3 Å². The number of aliphatic hydroxyl groups is 1. The molecule has 2 aromatic carbocycles. The summed E-state index contributed by atoms with van der Waals surface area (Å²) in [6.45, 7) is 3.23. The van der Waals surface area contributed by atoms with E-state index in [9.17, 15) is 23.1 Å². The SMILES string of the molecule is COc1cc(-n2ccc(OCc3ccc(C(F)(F)F)cc3)nc2=O)ccc1OCC(C)(C)O. The Hall–Kier alpha value is -3.53. The summed E-state index contributed by atoms with van der Waals surface area (Å²) < 4.78 is 55.5. The molecule has 0 unspecified atom stereocenters. The Morgan fingerprint density at radius 1 is 1.00 bits per heavy atom. The molecule has 33 heavy (non-hydrogen) atoms. The molecule has 0 aliphatic carbocycles. The van der Waals surface area contributed by atoms with Crippen LogP contribution in [0.2, 0.25) is 0 Å². The number of methoxy groups -OCH3 is 1. The summed E-state index contributed by atoms with van der Waals surface area (Å²) in [5, 5.41) is 9.82. The van der Waals surface area contributed by atoms with Gasteiger partial charge in [0, 0.05) is 18.3 Å². The van der Waals surface area contributed by atoms with Crippen LogP contribution >= 0.6 is 0 Å². The molecule has 0 fully saturated rings. The van der Waals surface area contributed by atoms with Gasteiger partial charge in [0.2, 0.25) is 5.88 Å². The third-order valence-corrected chi connectivity index (χ3v) is 4.45. The van der Waals surface area contributed by atoms with E-state index in [1.165, 1.54) is 36.1 Å². The van der Waals surface area contributed by atoms with Crippen LogP contribution in [0.4, 0.5) is 13.2 Å². The van der Waals surface area contributed by atoms with Gasteiger partial charge in [0.05, 0.1) is 24.0 Å². The average molecular weight is 464 g/mol. The highest BCUT2D eigenvalue weighted by Crippen LogP contribution is 2.30. The molecule has 0 amide bonds. The van der Waals surface area contributed by atoms with Crippen LogP contribution in [0, 0.1) is 0 Å². The first-order valence-corrected chi connectivity index (χ1v) is 9.88. The summed E-state index contributed by atoms with van der Waals surface area (Å²) in [7, 11) is 1.45. The van der Waals surface area contributed by atoms with E-state index >= 15 is 0 Å². The van der Waals surface area contributed by atoms with Gasteiger partial charge in [0.1, 0.15) is 13.2 Å². The van der Waals surface area contributed by atoms with Gasteiger partial charge in [-0.2, -0.15) is 18.2 Å². The standard InChI is InChI=1S/C23H23F3N2O5/c1-22(2,30)14-33-18-9-8-17(12-19(18)31-3)28-11-10-20(27-21(28)29)32-13-15-4-6-16(7-5-15)23(24,25)26/h4-12,30H,13-14H2,1-3H3. The van der Waals surface area contributed by atoms with Crippen molar-refractivity contribution in [3.63, 3.8) is 0 Å². The first-order chi connectivity index (χ1) is 15.5. The first-order valence-electron chi connectivity index (χ1n) is 9.88. The molecular weight excluding hydrogens is 441 g/mol. The Labute approximate surface area is 188 Å². The zero-order valence-corrected chi connectivity index (χ0v) is 18.2. The number of benzene rings is 2. The molecule has 10 heteroatoms. The molecule has 1 N–H and O–H groups in total. The second-order valence-electron chi connectivity index (χ2n) is 7.84. The third-order valence-electron chi connectivity index (χ3n) is 4.45. The molecule has 1 heterocycles.